The number of nitrogens with zero attached hydrogens (tertiary/aromatic N) is 2. The summed E-state index contributed by atoms with van der Waals surface area (Å²) in [5.41, 5.74) is 1.36. The van der Waals surface area contributed by atoms with Gasteiger partial charge in [-0.1, -0.05) is 39.3 Å². The SMILES string of the molecule is Oc1cccc(-c2nc(Cc3ccc(Br)cc3)no2)c1O. The Balaban J connectivity index is 1.86. The van der Waals surface area contributed by atoms with E-state index in [0.717, 1.165) is 10.0 Å². The van der Waals surface area contributed by atoms with Gasteiger partial charge in [-0.2, -0.15) is 4.98 Å². The van der Waals surface area contributed by atoms with Crippen molar-refractivity contribution < 1.29 is 14.7 Å². The molecule has 3 rings (SSSR count). The summed E-state index contributed by atoms with van der Waals surface area (Å²) in [5, 5.41) is 23.2. The first-order valence-electron chi connectivity index (χ1n) is 6.22. The van der Waals surface area contributed by atoms with Gasteiger partial charge in [-0.25, -0.2) is 0 Å². The number of hydrogen-bond donors (Lipinski definition) is 2. The molecule has 21 heavy (non-hydrogen) atoms. The van der Waals surface area contributed by atoms with Crippen molar-refractivity contribution in [2.45, 2.75) is 6.42 Å². The monoisotopic (exact) mass is 346 g/mol. The minimum absolute atomic E-state index is 0.176. The van der Waals surface area contributed by atoms with Crippen molar-refractivity contribution in [3.8, 4) is 23.0 Å². The number of benzene rings is 2. The third-order valence-corrected chi connectivity index (χ3v) is 3.52. The highest BCUT2D eigenvalue weighted by molar-refractivity contribution is 9.10. The van der Waals surface area contributed by atoms with Crippen LogP contribution in [0.25, 0.3) is 11.5 Å². The summed E-state index contributed by atoms with van der Waals surface area (Å²) in [6, 6.07) is 12.4. The molecule has 1 heterocycles. The summed E-state index contributed by atoms with van der Waals surface area (Å²) in [7, 11) is 0. The highest BCUT2D eigenvalue weighted by Crippen LogP contribution is 2.35. The molecule has 0 aliphatic rings. The molecular weight excluding hydrogens is 336 g/mol. The zero-order chi connectivity index (χ0) is 14.8. The van der Waals surface area contributed by atoms with Crippen LogP contribution < -0.4 is 0 Å². The van der Waals surface area contributed by atoms with Crippen molar-refractivity contribution in [3.63, 3.8) is 0 Å². The van der Waals surface area contributed by atoms with Crippen LogP contribution in [0.15, 0.2) is 51.5 Å². The Morgan fingerprint density at radius 3 is 2.57 bits per heavy atom. The quantitative estimate of drug-likeness (QED) is 0.709. The second-order valence-corrected chi connectivity index (χ2v) is 5.41. The molecule has 0 aliphatic carbocycles. The topological polar surface area (TPSA) is 79.4 Å². The number of halogens is 1. The van der Waals surface area contributed by atoms with Crippen LogP contribution in [-0.4, -0.2) is 20.4 Å². The van der Waals surface area contributed by atoms with Crippen molar-refractivity contribution in [2.24, 2.45) is 0 Å². The lowest BCUT2D eigenvalue weighted by molar-refractivity contribution is 0.396. The second-order valence-electron chi connectivity index (χ2n) is 4.49. The molecule has 106 valence electrons. The van der Waals surface area contributed by atoms with E-state index in [9.17, 15) is 10.2 Å². The second kappa shape index (κ2) is 5.57. The maximum atomic E-state index is 9.80. The minimum Gasteiger partial charge on any atom is -0.504 e. The van der Waals surface area contributed by atoms with Crippen LogP contribution in [0.5, 0.6) is 11.5 Å². The third-order valence-electron chi connectivity index (χ3n) is 2.99. The van der Waals surface area contributed by atoms with Gasteiger partial charge in [0.25, 0.3) is 5.89 Å². The molecule has 0 bridgehead atoms. The predicted octanol–water partition coefficient (Wildman–Crippen LogP) is 3.50. The molecule has 0 spiro atoms. The Kier molecular flexibility index (Phi) is 3.62. The zero-order valence-electron chi connectivity index (χ0n) is 10.8. The van der Waals surface area contributed by atoms with Crippen molar-refractivity contribution in [1.82, 2.24) is 10.1 Å². The molecule has 0 atom stereocenters. The molecule has 3 aromatic rings. The maximum absolute atomic E-state index is 9.80. The third kappa shape index (κ3) is 2.90. The largest absolute Gasteiger partial charge is 0.504 e. The summed E-state index contributed by atoms with van der Waals surface area (Å²) in [6.45, 7) is 0. The van der Waals surface area contributed by atoms with Gasteiger partial charge in [0.15, 0.2) is 17.3 Å². The van der Waals surface area contributed by atoms with Crippen molar-refractivity contribution in [2.75, 3.05) is 0 Å². The molecule has 0 saturated heterocycles. The van der Waals surface area contributed by atoms with Gasteiger partial charge >= 0.3 is 0 Å². The van der Waals surface area contributed by atoms with Gasteiger partial charge in [-0.05, 0) is 29.8 Å². The molecule has 1 aromatic heterocycles. The van der Waals surface area contributed by atoms with Crippen molar-refractivity contribution in [3.05, 3.63) is 58.3 Å². The minimum atomic E-state index is -0.267. The molecule has 0 saturated carbocycles. The van der Waals surface area contributed by atoms with E-state index in [2.05, 4.69) is 26.1 Å². The first-order chi connectivity index (χ1) is 10.1. The fourth-order valence-corrected chi connectivity index (χ4v) is 2.19. The first kappa shape index (κ1) is 13.6. The Morgan fingerprint density at radius 2 is 1.81 bits per heavy atom. The number of phenols is 2. The van der Waals surface area contributed by atoms with Gasteiger partial charge < -0.3 is 14.7 Å². The lowest BCUT2D eigenvalue weighted by atomic mass is 10.1. The molecule has 0 radical (unpaired) electrons. The average molecular weight is 347 g/mol. The molecule has 0 aliphatic heterocycles. The number of para-hydroxylation sites is 1. The fraction of sp³-hybridized carbons (Fsp3) is 0.0667. The fourth-order valence-electron chi connectivity index (χ4n) is 1.92. The number of hydrogen-bond acceptors (Lipinski definition) is 5. The average Bonchev–Trinajstić information content (AvgIpc) is 2.93. The van der Waals surface area contributed by atoms with Crippen LogP contribution in [0, 0.1) is 0 Å². The molecule has 2 aromatic carbocycles. The van der Waals surface area contributed by atoms with Gasteiger partial charge in [0.2, 0.25) is 0 Å². The predicted molar refractivity (Wildman–Crippen MR) is 80.0 cm³/mol. The Hall–Kier alpha value is -2.34. The molecule has 6 heteroatoms. The number of aromatic hydroxyl groups is 2. The van der Waals surface area contributed by atoms with Gasteiger partial charge in [-0.15, -0.1) is 0 Å². The van der Waals surface area contributed by atoms with Crippen LogP contribution in [-0.2, 0) is 6.42 Å². The summed E-state index contributed by atoms with van der Waals surface area (Å²) >= 11 is 3.38. The van der Waals surface area contributed by atoms with Crippen LogP contribution in [0.3, 0.4) is 0 Å². The number of rotatable bonds is 3. The highest BCUT2D eigenvalue weighted by atomic mass is 79.9. The molecule has 0 amide bonds. The normalized spacial score (nSPS) is 10.7. The molecule has 5 nitrogen and oxygen atoms in total. The number of phenolic OH excluding ortho intramolecular Hbond substituents is 2. The van der Waals surface area contributed by atoms with Gasteiger partial charge in [-0.3, -0.25) is 0 Å². The highest BCUT2D eigenvalue weighted by Gasteiger charge is 2.15. The van der Waals surface area contributed by atoms with Gasteiger partial charge in [0.05, 0.1) is 5.56 Å². The van der Waals surface area contributed by atoms with E-state index in [4.69, 9.17) is 4.52 Å². The van der Waals surface area contributed by atoms with Gasteiger partial charge in [0.1, 0.15) is 0 Å². The zero-order valence-corrected chi connectivity index (χ0v) is 12.4. The first-order valence-corrected chi connectivity index (χ1v) is 7.01. The lowest BCUT2D eigenvalue weighted by Gasteiger charge is -2.00. The molecular formula is C15H11BrN2O3. The molecule has 0 unspecified atom stereocenters. The van der Waals surface area contributed by atoms with Crippen molar-refractivity contribution >= 4 is 15.9 Å². The Labute approximate surface area is 129 Å². The lowest BCUT2D eigenvalue weighted by Crippen LogP contribution is -1.90. The molecule has 2 N–H and O–H groups in total. The smallest absolute Gasteiger partial charge is 0.261 e. The Bertz CT molecular complexity index is 769. The summed E-state index contributed by atoms with van der Waals surface area (Å²) in [6.07, 6.45) is 0.524. The van der Waals surface area contributed by atoms with E-state index >= 15 is 0 Å². The van der Waals surface area contributed by atoms with Crippen LogP contribution >= 0.6 is 15.9 Å². The Morgan fingerprint density at radius 1 is 1.05 bits per heavy atom. The molecule has 0 fully saturated rings. The van der Waals surface area contributed by atoms with E-state index in [0.29, 0.717) is 17.8 Å². The summed E-state index contributed by atoms with van der Waals surface area (Å²) in [5.74, 6) is 0.196. The maximum Gasteiger partial charge on any atom is 0.261 e. The number of aromatic nitrogens is 2. The van der Waals surface area contributed by atoms with Gasteiger partial charge in [0, 0.05) is 10.9 Å². The standard InChI is InChI=1S/C15H11BrN2O3/c16-10-6-4-9(5-7-10)8-13-17-15(21-18-13)11-2-1-3-12(19)14(11)20/h1-7,19-20H,8H2. The van der Waals surface area contributed by atoms with Crippen LogP contribution in [0.1, 0.15) is 11.4 Å². The van der Waals surface area contributed by atoms with Crippen molar-refractivity contribution in [1.29, 1.82) is 0 Å². The summed E-state index contributed by atoms with van der Waals surface area (Å²) < 4.78 is 6.15. The van der Waals surface area contributed by atoms with Crippen LogP contribution in [0.4, 0.5) is 0 Å². The van der Waals surface area contributed by atoms with E-state index in [1.54, 1.807) is 12.1 Å². The summed E-state index contributed by atoms with van der Waals surface area (Å²) in [4.78, 5) is 4.24. The van der Waals surface area contributed by atoms with E-state index < -0.39 is 0 Å². The van der Waals surface area contributed by atoms with Crippen LogP contribution in [0.2, 0.25) is 0 Å². The van der Waals surface area contributed by atoms with E-state index in [1.807, 2.05) is 24.3 Å². The van der Waals surface area contributed by atoms with E-state index in [-0.39, 0.29) is 17.4 Å². The van der Waals surface area contributed by atoms with E-state index in [1.165, 1.54) is 6.07 Å².